The van der Waals surface area contributed by atoms with Crippen molar-refractivity contribution in [1.82, 2.24) is 0 Å². The van der Waals surface area contributed by atoms with E-state index >= 15 is 0 Å². The van der Waals surface area contributed by atoms with E-state index in [0.29, 0.717) is 6.61 Å². The molecule has 0 unspecified atom stereocenters. The van der Waals surface area contributed by atoms with Gasteiger partial charge in [-0.1, -0.05) is 45.0 Å². The van der Waals surface area contributed by atoms with Crippen LogP contribution in [0.2, 0.25) is 0 Å². The highest BCUT2D eigenvalue weighted by Gasteiger charge is 2.45. The summed E-state index contributed by atoms with van der Waals surface area (Å²) in [6, 6.07) is 8.56. The molecule has 82 valence electrons. The molecule has 15 heavy (non-hydrogen) atoms. The lowest BCUT2D eigenvalue weighted by Gasteiger charge is -2.26. The van der Waals surface area contributed by atoms with Crippen molar-refractivity contribution in [2.45, 2.75) is 44.4 Å². The molecular weight excluding hydrogens is 184 g/mol. The van der Waals surface area contributed by atoms with Crippen molar-refractivity contribution >= 4 is 0 Å². The molecule has 1 fully saturated rings. The molecule has 1 aliphatic rings. The van der Waals surface area contributed by atoms with Gasteiger partial charge < -0.3 is 5.11 Å². The van der Waals surface area contributed by atoms with E-state index in [4.69, 9.17) is 0 Å². The van der Waals surface area contributed by atoms with E-state index in [9.17, 15) is 5.11 Å². The van der Waals surface area contributed by atoms with Gasteiger partial charge in [-0.15, -0.1) is 0 Å². The molecule has 1 heteroatoms. The fourth-order valence-electron chi connectivity index (χ4n) is 2.26. The smallest absolute Gasteiger partial charge is 0.0528 e. The zero-order valence-electron chi connectivity index (χ0n) is 9.88. The molecule has 1 aromatic rings. The van der Waals surface area contributed by atoms with Crippen LogP contribution in [0.5, 0.6) is 0 Å². The average molecular weight is 204 g/mol. The fourth-order valence-corrected chi connectivity index (χ4v) is 2.26. The molecule has 1 nitrogen and oxygen atoms in total. The molecule has 2 rings (SSSR count). The minimum atomic E-state index is 0.0872. The van der Waals surface area contributed by atoms with Gasteiger partial charge in [0.05, 0.1) is 6.61 Å². The molecule has 0 amide bonds. The second kappa shape index (κ2) is 3.34. The van der Waals surface area contributed by atoms with E-state index in [1.807, 2.05) is 0 Å². The van der Waals surface area contributed by atoms with Crippen LogP contribution in [-0.4, -0.2) is 11.7 Å². The number of aliphatic hydroxyl groups excluding tert-OH is 1. The van der Waals surface area contributed by atoms with Crippen molar-refractivity contribution in [1.29, 1.82) is 0 Å². The number of hydrogen-bond acceptors (Lipinski definition) is 1. The van der Waals surface area contributed by atoms with Gasteiger partial charge in [-0.25, -0.2) is 0 Å². The van der Waals surface area contributed by atoms with Gasteiger partial charge >= 0.3 is 0 Å². The summed E-state index contributed by atoms with van der Waals surface area (Å²) in [6.45, 7) is 7.00. The predicted octanol–water partition coefficient (Wildman–Crippen LogP) is 3.01. The molecule has 0 atom stereocenters. The molecule has 1 saturated carbocycles. The molecule has 1 aliphatic carbocycles. The molecule has 0 radical (unpaired) electrons. The number of benzene rings is 1. The van der Waals surface area contributed by atoms with Gasteiger partial charge in [0, 0.05) is 5.41 Å². The molecule has 0 spiro atoms. The summed E-state index contributed by atoms with van der Waals surface area (Å²) in [5.41, 5.74) is 3.00. The van der Waals surface area contributed by atoms with Crippen LogP contribution in [0.3, 0.4) is 0 Å². The minimum absolute atomic E-state index is 0.0872. The molecule has 0 saturated heterocycles. The van der Waals surface area contributed by atoms with Crippen LogP contribution < -0.4 is 0 Å². The minimum Gasteiger partial charge on any atom is -0.395 e. The zero-order chi connectivity index (χ0) is 11.1. The first-order chi connectivity index (χ1) is 6.99. The van der Waals surface area contributed by atoms with Crippen LogP contribution in [-0.2, 0) is 10.8 Å². The van der Waals surface area contributed by atoms with Gasteiger partial charge in [-0.05, 0) is 29.4 Å². The highest BCUT2D eigenvalue weighted by Crippen LogP contribution is 2.50. The molecule has 0 heterocycles. The fraction of sp³-hybridized carbons (Fsp3) is 0.571. The van der Waals surface area contributed by atoms with Gasteiger partial charge in [-0.2, -0.15) is 0 Å². The Morgan fingerprint density at radius 1 is 1.20 bits per heavy atom. The Labute approximate surface area is 92.1 Å². The van der Waals surface area contributed by atoms with Crippen LogP contribution in [0.4, 0.5) is 0 Å². The van der Waals surface area contributed by atoms with Crippen molar-refractivity contribution in [3.63, 3.8) is 0 Å². The summed E-state index contributed by atoms with van der Waals surface area (Å²) in [4.78, 5) is 0. The van der Waals surface area contributed by atoms with Crippen LogP contribution in [0, 0.1) is 0 Å². The lowest BCUT2D eigenvalue weighted by molar-refractivity contribution is 0.253. The largest absolute Gasteiger partial charge is 0.395 e. The first-order valence-electron chi connectivity index (χ1n) is 5.70. The van der Waals surface area contributed by atoms with E-state index in [1.165, 1.54) is 11.1 Å². The highest BCUT2D eigenvalue weighted by molar-refractivity contribution is 5.42. The van der Waals surface area contributed by atoms with Crippen LogP contribution >= 0.6 is 0 Å². The first-order valence-corrected chi connectivity index (χ1v) is 5.70. The maximum absolute atomic E-state index is 9.50. The van der Waals surface area contributed by atoms with Gasteiger partial charge in [0.15, 0.2) is 0 Å². The maximum Gasteiger partial charge on any atom is 0.0528 e. The predicted molar refractivity (Wildman–Crippen MR) is 63.1 cm³/mol. The third kappa shape index (κ3) is 1.81. The summed E-state index contributed by atoms with van der Waals surface area (Å²) in [6.07, 6.45) is 2.27. The number of hydrogen-bond donors (Lipinski definition) is 1. The SMILES string of the molecule is CC(C)(C)c1ccccc1C1(CO)CC1. The Morgan fingerprint density at radius 2 is 1.80 bits per heavy atom. The van der Waals surface area contributed by atoms with Gasteiger partial charge in [-0.3, -0.25) is 0 Å². The topological polar surface area (TPSA) is 20.2 Å². The van der Waals surface area contributed by atoms with Crippen molar-refractivity contribution in [2.75, 3.05) is 6.61 Å². The maximum atomic E-state index is 9.50. The second-order valence-corrected chi connectivity index (χ2v) is 5.73. The Kier molecular flexibility index (Phi) is 2.38. The van der Waals surface area contributed by atoms with E-state index in [1.54, 1.807) is 0 Å². The van der Waals surface area contributed by atoms with E-state index in [0.717, 1.165) is 12.8 Å². The van der Waals surface area contributed by atoms with Crippen LogP contribution in [0.15, 0.2) is 24.3 Å². The first kappa shape index (κ1) is 10.7. The molecule has 1 aromatic carbocycles. The monoisotopic (exact) mass is 204 g/mol. The van der Waals surface area contributed by atoms with Crippen molar-refractivity contribution < 1.29 is 5.11 Å². The normalized spacial score (nSPS) is 18.9. The summed E-state index contributed by atoms with van der Waals surface area (Å²) in [7, 11) is 0. The Balaban J connectivity index is 2.48. The van der Waals surface area contributed by atoms with Crippen molar-refractivity contribution in [2.24, 2.45) is 0 Å². The summed E-state index contributed by atoms with van der Waals surface area (Å²) in [5.74, 6) is 0. The molecule has 0 aliphatic heterocycles. The van der Waals surface area contributed by atoms with E-state index in [-0.39, 0.29) is 10.8 Å². The van der Waals surface area contributed by atoms with Gasteiger partial charge in [0.1, 0.15) is 0 Å². The van der Waals surface area contributed by atoms with E-state index < -0.39 is 0 Å². The van der Waals surface area contributed by atoms with Crippen molar-refractivity contribution in [3.05, 3.63) is 35.4 Å². The molecular formula is C14H20O. The third-order valence-corrected chi connectivity index (χ3v) is 3.46. The van der Waals surface area contributed by atoms with Crippen molar-refractivity contribution in [3.8, 4) is 0 Å². The molecule has 0 aromatic heterocycles. The average Bonchev–Trinajstić information content (AvgIpc) is 2.97. The number of aliphatic hydroxyl groups is 1. The molecule has 1 N–H and O–H groups in total. The summed E-state index contributed by atoms with van der Waals surface area (Å²) >= 11 is 0. The number of rotatable bonds is 2. The third-order valence-electron chi connectivity index (χ3n) is 3.46. The van der Waals surface area contributed by atoms with Gasteiger partial charge in [0.2, 0.25) is 0 Å². The summed E-state index contributed by atoms with van der Waals surface area (Å²) < 4.78 is 0. The Morgan fingerprint density at radius 3 is 2.27 bits per heavy atom. The van der Waals surface area contributed by atoms with Crippen LogP contribution in [0.1, 0.15) is 44.7 Å². The lowest BCUT2D eigenvalue weighted by atomic mass is 9.79. The quantitative estimate of drug-likeness (QED) is 0.785. The van der Waals surface area contributed by atoms with Gasteiger partial charge in [0.25, 0.3) is 0 Å². The second-order valence-electron chi connectivity index (χ2n) is 5.73. The van der Waals surface area contributed by atoms with E-state index in [2.05, 4.69) is 45.0 Å². The Bertz CT molecular complexity index is 356. The Hall–Kier alpha value is -0.820. The lowest BCUT2D eigenvalue weighted by Crippen LogP contribution is -2.21. The highest BCUT2D eigenvalue weighted by atomic mass is 16.3. The standard InChI is InChI=1S/C14H20O/c1-13(2,3)11-6-4-5-7-12(11)14(10-15)8-9-14/h4-7,15H,8-10H2,1-3H3. The van der Waals surface area contributed by atoms with Crippen LogP contribution in [0.25, 0.3) is 0 Å². The summed E-state index contributed by atoms with van der Waals surface area (Å²) in [5, 5.41) is 9.50. The molecule has 0 bridgehead atoms. The zero-order valence-corrected chi connectivity index (χ0v) is 9.88.